The van der Waals surface area contributed by atoms with Gasteiger partial charge in [-0.2, -0.15) is 5.10 Å². The van der Waals surface area contributed by atoms with Crippen LogP contribution in [0.2, 0.25) is 0 Å². The number of carboxylic acid groups (broad SMARTS) is 1. The molecule has 0 saturated carbocycles. The van der Waals surface area contributed by atoms with Gasteiger partial charge in [0.05, 0.1) is 24.1 Å². The molecule has 0 radical (unpaired) electrons. The van der Waals surface area contributed by atoms with E-state index in [0.29, 0.717) is 37.3 Å². The maximum atomic E-state index is 12.9. The second kappa shape index (κ2) is 8.22. The standard InChI is InChI=1S/C21H21N3O5/c25-20(19-15(8-11-28-19)14-29-18-4-2-1-3-5-18)23-9-6-17(7-10-23)24-13-16(12-22-24)21(26)27/h1-5,8,11-13,17H,6-7,9-10,14H2,(H,26,27). The van der Waals surface area contributed by atoms with E-state index in [1.165, 1.54) is 18.7 Å². The molecule has 1 aromatic carbocycles. The molecule has 0 aliphatic carbocycles. The van der Waals surface area contributed by atoms with Crippen LogP contribution in [0.3, 0.4) is 0 Å². The molecule has 150 valence electrons. The van der Waals surface area contributed by atoms with Crippen LogP contribution in [0.25, 0.3) is 0 Å². The summed E-state index contributed by atoms with van der Waals surface area (Å²) in [5.41, 5.74) is 0.876. The Kier molecular flexibility index (Phi) is 5.33. The third-order valence-electron chi connectivity index (χ3n) is 5.05. The van der Waals surface area contributed by atoms with E-state index in [4.69, 9.17) is 14.3 Å². The molecule has 8 nitrogen and oxygen atoms in total. The average molecular weight is 395 g/mol. The minimum absolute atomic E-state index is 0.0737. The van der Waals surface area contributed by atoms with Crippen molar-refractivity contribution in [3.8, 4) is 5.75 Å². The largest absolute Gasteiger partial charge is 0.489 e. The first-order valence-electron chi connectivity index (χ1n) is 9.43. The van der Waals surface area contributed by atoms with Crippen LogP contribution in [0.4, 0.5) is 0 Å². The highest BCUT2D eigenvalue weighted by Gasteiger charge is 2.28. The van der Waals surface area contributed by atoms with E-state index in [0.717, 1.165) is 5.75 Å². The number of para-hydroxylation sites is 1. The molecule has 0 atom stereocenters. The maximum Gasteiger partial charge on any atom is 0.338 e. The number of aromatic nitrogens is 2. The zero-order valence-corrected chi connectivity index (χ0v) is 15.7. The molecule has 1 aliphatic heterocycles. The Balaban J connectivity index is 1.36. The van der Waals surface area contributed by atoms with Crippen molar-refractivity contribution in [3.63, 3.8) is 0 Å². The Hall–Kier alpha value is -3.55. The lowest BCUT2D eigenvalue weighted by atomic mass is 10.0. The predicted molar refractivity (Wildman–Crippen MR) is 103 cm³/mol. The van der Waals surface area contributed by atoms with E-state index in [1.54, 1.807) is 15.6 Å². The Labute approximate surface area is 167 Å². The van der Waals surface area contributed by atoms with Gasteiger partial charge in [-0.25, -0.2) is 4.79 Å². The molecule has 1 amide bonds. The minimum atomic E-state index is -0.994. The first kappa shape index (κ1) is 18.8. The van der Waals surface area contributed by atoms with Crippen molar-refractivity contribution in [2.75, 3.05) is 13.1 Å². The van der Waals surface area contributed by atoms with E-state index in [-0.39, 0.29) is 24.1 Å². The first-order valence-corrected chi connectivity index (χ1v) is 9.43. The topological polar surface area (TPSA) is 97.8 Å². The summed E-state index contributed by atoms with van der Waals surface area (Å²) in [6.07, 6.45) is 5.78. The van der Waals surface area contributed by atoms with Crippen LogP contribution in [0.1, 0.15) is 45.4 Å². The summed E-state index contributed by atoms with van der Waals surface area (Å²) in [7, 11) is 0. The molecule has 3 heterocycles. The van der Waals surface area contributed by atoms with Gasteiger partial charge in [-0.3, -0.25) is 9.48 Å². The number of carbonyl (C=O) groups is 2. The molecule has 1 saturated heterocycles. The van der Waals surface area contributed by atoms with Gasteiger partial charge in [0.15, 0.2) is 5.76 Å². The summed E-state index contributed by atoms with van der Waals surface area (Å²) < 4.78 is 12.9. The zero-order chi connectivity index (χ0) is 20.2. The SMILES string of the molecule is O=C(O)c1cnn(C2CCN(C(=O)c3occc3COc3ccccc3)CC2)c1. The molecule has 4 rings (SSSR count). The molecular weight excluding hydrogens is 374 g/mol. The Morgan fingerprint density at radius 3 is 2.62 bits per heavy atom. The molecule has 0 spiro atoms. The van der Waals surface area contributed by atoms with Gasteiger partial charge >= 0.3 is 5.97 Å². The minimum Gasteiger partial charge on any atom is -0.489 e. The van der Waals surface area contributed by atoms with Gasteiger partial charge in [0, 0.05) is 24.8 Å². The third kappa shape index (κ3) is 4.16. The normalized spacial score (nSPS) is 14.7. The Morgan fingerprint density at radius 1 is 1.17 bits per heavy atom. The molecule has 1 fully saturated rings. The van der Waals surface area contributed by atoms with Gasteiger partial charge in [-0.1, -0.05) is 18.2 Å². The fraction of sp³-hybridized carbons (Fsp3) is 0.286. The number of amides is 1. The first-order chi connectivity index (χ1) is 14.1. The zero-order valence-electron chi connectivity index (χ0n) is 15.7. The number of piperidine rings is 1. The number of nitrogens with zero attached hydrogens (tertiary/aromatic N) is 3. The van der Waals surface area contributed by atoms with Gasteiger partial charge in [-0.05, 0) is 31.0 Å². The monoisotopic (exact) mass is 395 g/mol. The number of benzene rings is 1. The second-order valence-electron chi connectivity index (χ2n) is 6.91. The number of hydrogen-bond acceptors (Lipinski definition) is 5. The third-order valence-corrected chi connectivity index (χ3v) is 5.05. The van der Waals surface area contributed by atoms with Crippen molar-refractivity contribution in [2.24, 2.45) is 0 Å². The summed E-state index contributed by atoms with van der Waals surface area (Å²) in [4.78, 5) is 25.7. The van der Waals surface area contributed by atoms with Crippen LogP contribution in [-0.4, -0.2) is 44.8 Å². The van der Waals surface area contributed by atoms with Gasteiger partial charge in [0.2, 0.25) is 0 Å². The van der Waals surface area contributed by atoms with E-state index in [9.17, 15) is 9.59 Å². The van der Waals surface area contributed by atoms with Crippen molar-refractivity contribution in [1.29, 1.82) is 0 Å². The highest BCUT2D eigenvalue weighted by molar-refractivity contribution is 5.93. The average Bonchev–Trinajstić information content (AvgIpc) is 3.42. The van der Waals surface area contributed by atoms with Crippen molar-refractivity contribution in [2.45, 2.75) is 25.5 Å². The molecule has 29 heavy (non-hydrogen) atoms. The summed E-state index contributed by atoms with van der Waals surface area (Å²) >= 11 is 0. The summed E-state index contributed by atoms with van der Waals surface area (Å²) in [6, 6.07) is 11.2. The van der Waals surface area contributed by atoms with E-state index in [2.05, 4.69) is 5.10 Å². The predicted octanol–water partition coefficient (Wildman–Crippen LogP) is 3.23. The number of carboxylic acids is 1. The fourth-order valence-electron chi connectivity index (χ4n) is 3.44. The van der Waals surface area contributed by atoms with E-state index >= 15 is 0 Å². The number of likely N-dealkylation sites (tertiary alicyclic amines) is 1. The molecule has 0 bridgehead atoms. The lowest BCUT2D eigenvalue weighted by Crippen LogP contribution is -2.39. The lowest BCUT2D eigenvalue weighted by Gasteiger charge is -2.31. The molecule has 3 aromatic rings. The van der Waals surface area contributed by atoms with E-state index < -0.39 is 5.97 Å². The molecular formula is C21H21N3O5. The van der Waals surface area contributed by atoms with Crippen LogP contribution >= 0.6 is 0 Å². The Bertz CT molecular complexity index is 987. The van der Waals surface area contributed by atoms with Crippen LogP contribution in [0, 0.1) is 0 Å². The van der Waals surface area contributed by atoms with E-state index in [1.807, 2.05) is 30.3 Å². The van der Waals surface area contributed by atoms with Gasteiger partial charge in [0.25, 0.3) is 5.91 Å². The molecule has 1 aliphatic rings. The smallest absolute Gasteiger partial charge is 0.338 e. The van der Waals surface area contributed by atoms with Crippen molar-refractivity contribution in [1.82, 2.24) is 14.7 Å². The van der Waals surface area contributed by atoms with Crippen molar-refractivity contribution >= 4 is 11.9 Å². The van der Waals surface area contributed by atoms with Gasteiger partial charge in [-0.15, -0.1) is 0 Å². The summed E-state index contributed by atoms with van der Waals surface area (Å²) in [5.74, 6) is -0.127. The number of carbonyl (C=O) groups excluding carboxylic acids is 1. The van der Waals surface area contributed by atoms with Gasteiger partial charge < -0.3 is 19.2 Å². The number of ether oxygens (including phenoxy) is 1. The maximum absolute atomic E-state index is 12.9. The van der Waals surface area contributed by atoms with Crippen molar-refractivity contribution in [3.05, 3.63) is 71.9 Å². The molecule has 8 heteroatoms. The van der Waals surface area contributed by atoms with Gasteiger partial charge in [0.1, 0.15) is 12.4 Å². The number of rotatable bonds is 6. The number of aromatic carboxylic acids is 1. The number of furan rings is 1. The molecule has 2 aromatic heterocycles. The van der Waals surface area contributed by atoms with Crippen LogP contribution in [0.5, 0.6) is 5.75 Å². The lowest BCUT2D eigenvalue weighted by molar-refractivity contribution is 0.0654. The number of hydrogen-bond donors (Lipinski definition) is 1. The summed E-state index contributed by atoms with van der Waals surface area (Å²) in [5, 5.41) is 13.2. The van der Waals surface area contributed by atoms with Crippen LogP contribution in [-0.2, 0) is 6.61 Å². The highest BCUT2D eigenvalue weighted by Crippen LogP contribution is 2.25. The second-order valence-corrected chi connectivity index (χ2v) is 6.91. The van der Waals surface area contributed by atoms with Crippen LogP contribution < -0.4 is 4.74 Å². The fourth-order valence-corrected chi connectivity index (χ4v) is 3.44. The van der Waals surface area contributed by atoms with Crippen molar-refractivity contribution < 1.29 is 23.8 Å². The Morgan fingerprint density at radius 2 is 1.93 bits per heavy atom. The molecule has 1 N–H and O–H groups in total. The quantitative estimate of drug-likeness (QED) is 0.688. The summed E-state index contributed by atoms with van der Waals surface area (Å²) in [6.45, 7) is 1.35. The van der Waals surface area contributed by atoms with Crippen LogP contribution in [0.15, 0.2) is 59.5 Å². The highest BCUT2D eigenvalue weighted by atomic mass is 16.5. The molecule has 0 unspecified atom stereocenters.